The fourth-order valence-corrected chi connectivity index (χ4v) is 5.74. The first-order valence-corrected chi connectivity index (χ1v) is 14.5. The van der Waals surface area contributed by atoms with Crippen LogP contribution in [-0.2, 0) is 5.75 Å². The van der Waals surface area contributed by atoms with Crippen molar-refractivity contribution in [3.63, 3.8) is 0 Å². The van der Waals surface area contributed by atoms with Crippen molar-refractivity contribution in [2.75, 3.05) is 19.6 Å². The molecule has 1 N–H and O–H groups in total. The van der Waals surface area contributed by atoms with Crippen LogP contribution in [0, 0.1) is 0 Å². The molecule has 0 aliphatic heterocycles. The van der Waals surface area contributed by atoms with E-state index in [1.165, 1.54) is 11.3 Å². The van der Waals surface area contributed by atoms with E-state index < -0.39 is 0 Å². The fraction of sp³-hybridized carbons (Fsp3) is 0.370. The molecule has 0 spiro atoms. The molecule has 10 heteroatoms. The largest absolute Gasteiger partial charge is 0.348 e. The van der Waals surface area contributed by atoms with Crippen LogP contribution < -0.4 is 5.32 Å². The lowest BCUT2D eigenvalue weighted by Gasteiger charge is -2.19. The Morgan fingerprint density at radius 2 is 1.95 bits per heavy atom. The highest BCUT2D eigenvalue weighted by molar-refractivity contribution is 7.98. The third kappa shape index (κ3) is 7.24. The molecule has 3 heterocycles. The van der Waals surface area contributed by atoms with Crippen molar-refractivity contribution in [3.8, 4) is 17.1 Å². The lowest BCUT2D eigenvalue weighted by Crippen LogP contribution is -2.33. The van der Waals surface area contributed by atoms with E-state index in [2.05, 4.69) is 51.2 Å². The zero-order chi connectivity index (χ0) is 26.0. The minimum atomic E-state index is -0.117. The summed E-state index contributed by atoms with van der Waals surface area (Å²) in [5.41, 5.74) is 2.34. The van der Waals surface area contributed by atoms with Gasteiger partial charge in [-0.05, 0) is 63.7 Å². The maximum absolute atomic E-state index is 12.7. The first-order valence-electron chi connectivity index (χ1n) is 12.6. The van der Waals surface area contributed by atoms with Crippen LogP contribution in [0.3, 0.4) is 0 Å². The highest BCUT2D eigenvalue weighted by Gasteiger charge is 2.18. The second-order valence-electron chi connectivity index (χ2n) is 8.68. The molecule has 0 fully saturated rings. The zero-order valence-electron chi connectivity index (χ0n) is 21.5. The number of carbonyl (C=O) groups excluding carboxylic acids is 1. The summed E-state index contributed by atoms with van der Waals surface area (Å²) in [7, 11) is 0. The average molecular weight is 536 g/mol. The summed E-state index contributed by atoms with van der Waals surface area (Å²) >= 11 is 3.04. The van der Waals surface area contributed by atoms with Gasteiger partial charge in [-0.25, -0.2) is 4.98 Å². The summed E-state index contributed by atoms with van der Waals surface area (Å²) in [5, 5.41) is 15.5. The van der Waals surface area contributed by atoms with Crippen molar-refractivity contribution < 1.29 is 4.79 Å². The summed E-state index contributed by atoms with van der Waals surface area (Å²) in [4.78, 5) is 24.0. The number of para-hydroxylation sites is 1. The summed E-state index contributed by atoms with van der Waals surface area (Å²) in [6.45, 7) is 9.59. The van der Waals surface area contributed by atoms with Gasteiger partial charge >= 0.3 is 0 Å². The number of pyridine rings is 1. The smallest absolute Gasteiger partial charge is 0.270 e. The Kier molecular flexibility index (Phi) is 9.81. The monoisotopic (exact) mass is 535 g/mol. The van der Waals surface area contributed by atoms with Gasteiger partial charge in [0, 0.05) is 35.1 Å². The number of thioether (sulfide) groups is 1. The molecule has 1 unspecified atom stereocenters. The SMILES string of the molecule is CCN(CC)CCCC(C)NC(=O)c1csc(CSc2nnc(-c3cccnc3)n2-c2ccccc2)n1. The Morgan fingerprint density at radius 3 is 2.68 bits per heavy atom. The molecule has 1 amide bonds. The van der Waals surface area contributed by atoms with Crippen molar-refractivity contribution in [2.45, 2.75) is 50.6 Å². The van der Waals surface area contributed by atoms with Gasteiger partial charge in [-0.1, -0.05) is 43.8 Å². The predicted molar refractivity (Wildman–Crippen MR) is 150 cm³/mol. The maximum atomic E-state index is 12.7. The van der Waals surface area contributed by atoms with Gasteiger partial charge in [-0.3, -0.25) is 14.3 Å². The van der Waals surface area contributed by atoms with E-state index in [1.54, 1.807) is 24.2 Å². The molecule has 0 aliphatic rings. The van der Waals surface area contributed by atoms with E-state index in [9.17, 15) is 4.79 Å². The van der Waals surface area contributed by atoms with Crippen LogP contribution in [0.5, 0.6) is 0 Å². The summed E-state index contributed by atoms with van der Waals surface area (Å²) < 4.78 is 2.03. The van der Waals surface area contributed by atoms with E-state index in [0.29, 0.717) is 11.4 Å². The minimum Gasteiger partial charge on any atom is -0.348 e. The van der Waals surface area contributed by atoms with E-state index in [1.807, 2.05) is 52.4 Å². The lowest BCUT2D eigenvalue weighted by molar-refractivity contribution is 0.0932. The number of aromatic nitrogens is 5. The number of hydrogen-bond acceptors (Lipinski definition) is 8. The Bertz CT molecular complexity index is 1260. The van der Waals surface area contributed by atoms with Crippen LogP contribution >= 0.6 is 23.1 Å². The zero-order valence-corrected chi connectivity index (χ0v) is 23.1. The second kappa shape index (κ2) is 13.5. The van der Waals surface area contributed by atoms with Crippen molar-refractivity contribution in [1.29, 1.82) is 0 Å². The number of nitrogens with one attached hydrogen (secondary N) is 1. The van der Waals surface area contributed by atoms with Gasteiger partial charge < -0.3 is 10.2 Å². The Labute approximate surface area is 226 Å². The Balaban J connectivity index is 1.39. The number of amides is 1. The van der Waals surface area contributed by atoms with Crippen LogP contribution in [0.15, 0.2) is 65.4 Å². The molecule has 4 rings (SSSR count). The number of thiazole rings is 1. The average Bonchev–Trinajstić information content (AvgIpc) is 3.58. The molecule has 4 aromatic rings. The van der Waals surface area contributed by atoms with Gasteiger partial charge in [0.2, 0.25) is 0 Å². The molecule has 1 atom stereocenters. The topological polar surface area (TPSA) is 88.8 Å². The summed E-state index contributed by atoms with van der Waals surface area (Å²) in [6.07, 6.45) is 5.54. The number of nitrogens with zero attached hydrogens (tertiary/aromatic N) is 6. The van der Waals surface area contributed by atoms with Crippen LogP contribution in [0.1, 0.15) is 49.1 Å². The molecule has 0 bridgehead atoms. The molecular formula is C27H33N7OS2. The van der Waals surface area contributed by atoms with E-state index >= 15 is 0 Å². The Morgan fingerprint density at radius 1 is 1.14 bits per heavy atom. The number of rotatable bonds is 13. The van der Waals surface area contributed by atoms with Crippen molar-refractivity contribution in [1.82, 2.24) is 34.9 Å². The van der Waals surface area contributed by atoms with Gasteiger partial charge in [0.1, 0.15) is 10.7 Å². The van der Waals surface area contributed by atoms with E-state index in [-0.39, 0.29) is 11.9 Å². The first-order chi connectivity index (χ1) is 18.1. The van der Waals surface area contributed by atoms with Crippen LogP contribution in [-0.4, -0.2) is 61.2 Å². The third-order valence-corrected chi connectivity index (χ3v) is 8.03. The van der Waals surface area contributed by atoms with Gasteiger partial charge in [-0.2, -0.15) is 0 Å². The van der Waals surface area contributed by atoms with Crippen LogP contribution in [0.4, 0.5) is 0 Å². The normalized spacial score (nSPS) is 12.1. The quantitative estimate of drug-likeness (QED) is 0.232. The molecule has 37 heavy (non-hydrogen) atoms. The number of benzene rings is 1. The molecule has 0 radical (unpaired) electrons. The second-order valence-corrected chi connectivity index (χ2v) is 10.6. The molecule has 0 saturated heterocycles. The standard InChI is InChI=1S/C27H33N7OS2/c1-4-33(5-2)16-10-11-20(3)29-26(35)23-18-36-24(30-23)19-37-27-32-31-25(21-12-9-15-28-17-21)34(27)22-13-7-6-8-14-22/h6-9,12-15,17-18,20H,4-5,10-11,16,19H2,1-3H3,(H,29,35). The lowest BCUT2D eigenvalue weighted by atomic mass is 10.1. The summed E-state index contributed by atoms with van der Waals surface area (Å²) in [5.74, 6) is 1.21. The van der Waals surface area contributed by atoms with Crippen molar-refractivity contribution >= 4 is 29.0 Å². The fourth-order valence-electron chi connectivity index (χ4n) is 3.99. The molecule has 194 valence electrons. The molecule has 0 aliphatic carbocycles. The van der Waals surface area contributed by atoms with Crippen molar-refractivity contribution in [2.24, 2.45) is 0 Å². The highest BCUT2D eigenvalue weighted by Crippen LogP contribution is 2.30. The first kappa shape index (κ1) is 27.0. The number of hydrogen-bond donors (Lipinski definition) is 1. The molecule has 8 nitrogen and oxygen atoms in total. The highest BCUT2D eigenvalue weighted by atomic mass is 32.2. The van der Waals surface area contributed by atoms with Gasteiger partial charge in [-0.15, -0.1) is 21.5 Å². The van der Waals surface area contributed by atoms with Gasteiger partial charge in [0.15, 0.2) is 11.0 Å². The van der Waals surface area contributed by atoms with Crippen LogP contribution in [0.25, 0.3) is 17.1 Å². The van der Waals surface area contributed by atoms with Gasteiger partial charge in [0.05, 0.1) is 5.75 Å². The van der Waals surface area contributed by atoms with Crippen LogP contribution in [0.2, 0.25) is 0 Å². The molecule has 1 aromatic carbocycles. The van der Waals surface area contributed by atoms with E-state index in [4.69, 9.17) is 0 Å². The summed E-state index contributed by atoms with van der Waals surface area (Å²) in [6, 6.07) is 14.0. The minimum absolute atomic E-state index is 0.109. The van der Waals surface area contributed by atoms with E-state index in [0.717, 1.165) is 59.7 Å². The number of carbonyl (C=O) groups is 1. The van der Waals surface area contributed by atoms with Gasteiger partial charge in [0.25, 0.3) is 5.91 Å². The molecular weight excluding hydrogens is 502 g/mol. The maximum Gasteiger partial charge on any atom is 0.270 e. The molecule has 0 saturated carbocycles. The van der Waals surface area contributed by atoms with Crippen molar-refractivity contribution in [3.05, 3.63) is 70.9 Å². The molecule has 3 aromatic heterocycles. The predicted octanol–water partition coefficient (Wildman–Crippen LogP) is 5.32. The third-order valence-electron chi connectivity index (χ3n) is 6.06. The Hall–Kier alpha value is -3.08.